The number of phenolic OH excluding ortho intramolecular Hbond substituents is 1. The van der Waals surface area contributed by atoms with E-state index in [1.54, 1.807) is 19.1 Å². The van der Waals surface area contributed by atoms with Crippen molar-refractivity contribution in [3.63, 3.8) is 0 Å². The van der Waals surface area contributed by atoms with Crippen LogP contribution < -0.4 is 5.32 Å². The molecule has 0 spiro atoms. The van der Waals surface area contributed by atoms with E-state index in [9.17, 15) is 14.7 Å². The van der Waals surface area contributed by atoms with Crippen molar-refractivity contribution in [3.8, 4) is 5.75 Å². The number of amides is 1. The predicted molar refractivity (Wildman–Crippen MR) is 67.3 cm³/mol. The second kappa shape index (κ2) is 6.05. The number of benzene rings is 1. The Balaban J connectivity index is 2.63. The average Bonchev–Trinajstić information content (AvgIpc) is 2.30. The van der Waals surface area contributed by atoms with Gasteiger partial charge >= 0.3 is 5.97 Å². The molecule has 0 bridgehead atoms. The van der Waals surface area contributed by atoms with Crippen molar-refractivity contribution in [2.45, 2.75) is 20.8 Å². The van der Waals surface area contributed by atoms with Gasteiger partial charge in [0.1, 0.15) is 12.4 Å². The number of aryl methyl sites for hydroxylation is 1. The van der Waals surface area contributed by atoms with Gasteiger partial charge in [-0.1, -0.05) is 13.0 Å². The van der Waals surface area contributed by atoms with Crippen LogP contribution in [-0.2, 0) is 14.3 Å². The van der Waals surface area contributed by atoms with Gasteiger partial charge in [-0.3, -0.25) is 9.59 Å². The zero-order valence-electron chi connectivity index (χ0n) is 10.7. The maximum Gasteiger partial charge on any atom is 0.302 e. The van der Waals surface area contributed by atoms with Gasteiger partial charge in [0.05, 0.1) is 11.6 Å². The van der Waals surface area contributed by atoms with Crippen molar-refractivity contribution >= 4 is 17.6 Å². The van der Waals surface area contributed by atoms with Gasteiger partial charge in [0, 0.05) is 6.92 Å². The molecule has 1 unspecified atom stereocenters. The summed E-state index contributed by atoms with van der Waals surface area (Å²) >= 11 is 0. The van der Waals surface area contributed by atoms with E-state index < -0.39 is 11.9 Å². The average molecular weight is 251 g/mol. The van der Waals surface area contributed by atoms with Gasteiger partial charge < -0.3 is 15.2 Å². The van der Waals surface area contributed by atoms with E-state index in [1.165, 1.54) is 13.0 Å². The summed E-state index contributed by atoms with van der Waals surface area (Å²) in [6.07, 6.45) is 0. The van der Waals surface area contributed by atoms with Crippen LogP contribution in [0, 0.1) is 12.8 Å². The van der Waals surface area contributed by atoms with Gasteiger partial charge in [-0.25, -0.2) is 0 Å². The van der Waals surface area contributed by atoms with Gasteiger partial charge in [-0.2, -0.15) is 0 Å². The Morgan fingerprint density at radius 3 is 2.72 bits per heavy atom. The number of hydrogen-bond acceptors (Lipinski definition) is 4. The molecular weight excluding hydrogens is 234 g/mol. The zero-order chi connectivity index (χ0) is 13.7. The Labute approximate surface area is 106 Å². The van der Waals surface area contributed by atoms with Gasteiger partial charge in [0.2, 0.25) is 5.91 Å². The Kier molecular flexibility index (Phi) is 4.71. The summed E-state index contributed by atoms with van der Waals surface area (Å²) in [7, 11) is 0. The van der Waals surface area contributed by atoms with Crippen LogP contribution in [0.15, 0.2) is 18.2 Å². The highest BCUT2D eigenvalue weighted by Gasteiger charge is 2.15. The largest absolute Gasteiger partial charge is 0.506 e. The van der Waals surface area contributed by atoms with Crippen LogP contribution in [0.1, 0.15) is 19.4 Å². The van der Waals surface area contributed by atoms with Crippen molar-refractivity contribution in [2.75, 3.05) is 11.9 Å². The van der Waals surface area contributed by atoms with E-state index in [2.05, 4.69) is 5.32 Å². The van der Waals surface area contributed by atoms with Crippen LogP contribution in [0.25, 0.3) is 0 Å². The summed E-state index contributed by atoms with van der Waals surface area (Å²) in [6.45, 7) is 4.81. The van der Waals surface area contributed by atoms with Crippen LogP contribution in [-0.4, -0.2) is 23.6 Å². The third kappa shape index (κ3) is 4.08. The predicted octanol–water partition coefficient (Wildman–Crippen LogP) is 1.84. The minimum absolute atomic E-state index is 0.00800. The molecule has 0 aliphatic rings. The molecule has 1 atom stereocenters. The second-order valence-electron chi connectivity index (χ2n) is 4.21. The highest BCUT2D eigenvalue weighted by Crippen LogP contribution is 2.24. The lowest BCUT2D eigenvalue weighted by Gasteiger charge is -2.13. The lowest BCUT2D eigenvalue weighted by Crippen LogP contribution is -2.25. The molecule has 2 N–H and O–H groups in total. The number of carbonyl (C=O) groups is 2. The molecule has 1 amide bonds. The Bertz CT molecular complexity index is 456. The zero-order valence-corrected chi connectivity index (χ0v) is 10.7. The molecule has 0 aromatic heterocycles. The van der Waals surface area contributed by atoms with Crippen LogP contribution in [0.2, 0.25) is 0 Å². The molecule has 0 fully saturated rings. The van der Waals surface area contributed by atoms with E-state index in [0.717, 1.165) is 5.56 Å². The van der Waals surface area contributed by atoms with Crippen molar-refractivity contribution in [2.24, 2.45) is 5.92 Å². The number of ether oxygens (including phenoxy) is 1. The normalized spacial score (nSPS) is 11.7. The first kappa shape index (κ1) is 14.0. The number of hydrogen-bond donors (Lipinski definition) is 2. The first-order chi connectivity index (χ1) is 8.40. The van der Waals surface area contributed by atoms with E-state index >= 15 is 0 Å². The quantitative estimate of drug-likeness (QED) is 0.632. The van der Waals surface area contributed by atoms with Gasteiger partial charge in [0.25, 0.3) is 0 Å². The number of nitrogens with one attached hydrogen (secondary N) is 1. The molecule has 0 aliphatic carbocycles. The SMILES string of the molecule is CC(=O)OCC(C)C(=O)Nc1cc(C)ccc1O. The molecule has 18 heavy (non-hydrogen) atoms. The van der Waals surface area contributed by atoms with Crippen LogP contribution >= 0.6 is 0 Å². The summed E-state index contributed by atoms with van der Waals surface area (Å²) in [6, 6.07) is 4.93. The number of carbonyl (C=O) groups excluding carboxylic acids is 2. The number of phenols is 1. The summed E-state index contributed by atoms with van der Waals surface area (Å²) in [4.78, 5) is 22.4. The van der Waals surface area contributed by atoms with Crippen LogP contribution in [0.5, 0.6) is 5.75 Å². The topological polar surface area (TPSA) is 75.6 Å². The van der Waals surface area contributed by atoms with Crippen LogP contribution in [0.4, 0.5) is 5.69 Å². The smallest absolute Gasteiger partial charge is 0.302 e. The minimum atomic E-state index is -0.478. The van der Waals surface area contributed by atoms with Crippen LogP contribution in [0.3, 0.4) is 0 Å². The van der Waals surface area contributed by atoms with Gasteiger partial charge in [-0.15, -0.1) is 0 Å². The van der Waals surface area contributed by atoms with Gasteiger partial charge in [0.15, 0.2) is 0 Å². The highest BCUT2D eigenvalue weighted by molar-refractivity contribution is 5.94. The summed E-state index contributed by atoms with van der Waals surface area (Å²) in [5, 5.41) is 12.2. The molecule has 0 radical (unpaired) electrons. The monoisotopic (exact) mass is 251 g/mol. The fraction of sp³-hybridized carbons (Fsp3) is 0.385. The molecule has 0 saturated heterocycles. The first-order valence-corrected chi connectivity index (χ1v) is 5.64. The molecule has 0 saturated carbocycles. The molecule has 1 aromatic carbocycles. The Morgan fingerprint density at radius 2 is 2.11 bits per heavy atom. The summed E-state index contributed by atoms with van der Waals surface area (Å²) in [5.74, 6) is -1.20. The van der Waals surface area contributed by atoms with Crippen molar-refractivity contribution < 1.29 is 19.4 Å². The van der Waals surface area contributed by atoms with Gasteiger partial charge in [-0.05, 0) is 24.6 Å². The Hall–Kier alpha value is -2.04. The minimum Gasteiger partial charge on any atom is -0.506 e. The lowest BCUT2D eigenvalue weighted by molar-refractivity contribution is -0.143. The molecule has 1 rings (SSSR count). The third-order valence-electron chi connectivity index (χ3n) is 2.39. The molecule has 0 aliphatic heterocycles. The number of aromatic hydroxyl groups is 1. The molecule has 1 aromatic rings. The van der Waals surface area contributed by atoms with Crippen molar-refractivity contribution in [1.82, 2.24) is 0 Å². The Morgan fingerprint density at radius 1 is 1.44 bits per heavy atom. The summed E-state index contributed by atoms with van der Waals surface area (Å²) in [5.41, 5.74) is 1.28. The molecule has 98 valence electrons. The fourth-order valence-electron chi connectivity index (χ4n) is 1.32. The molecule has 5 heteroatoms. The molecular formula is C13H17NO4. The summed E-state index contributed by atoms with van der Waals surface area (Å²) < 4.78 is 4.75. The number of esters is 1. The second-order valence-corrected chi connectivity index (χ2v) is 4.21. The van der Waals surface area contributed by atoms with E-state index in [0.29, 0.717) is 5.69 Å². The maximum atomic E-state index is 11.8. The lowest BCUT2D eigenvalue weighted by atomic mass is 10.1. The van der Waals surface area contributed by atoms with Crippen molar-refractivity contribution in [1.29, 1.82) is 0 Å². The standard InChI is InChI=1S/C13H17NO4/c1-8-4-5-12(16)11(6-8)14-13(17)9(2)7-18-10(3)15/h4-6,9,16H,7H2,1-3H3,(H,14,17). The first-order valence-electron chi connectivity index (χ1n) is 5.64. The maximum absolute atomic E-state index is 11.8. The fourth-order valence-corrected chi connectivity index (χ4v) is 1.32. The highest BCUT2D eigenvalue weighted by atomic mass is 16.5. The number of rotatable bonds is 4. The number of anilines is 1. The van der Waals surface area contributed by atoms with E-state index in [4.69, 9.17) is 4.74 Å². The molecule has 0 heterocycles. The molecule has 5 nitrogen and oxygen atoms in total. The van der Waals surface area contributed by atoms with E-state index in [-0.39, 0.29) is 18.3 Å². The third-order valence-corrected chi connectivity index (χ3v) is 2.39. The van der Waals surface area contributed by atoms with Crippen molar-refractivity contribution in [3.05, 3.63) is 23.8 Å². The van der Waals surface area contributed by atoms with E-state index in [1.807, 2.05) is 6.92 Å².